The number of hydrogen-bond donors (Lipinski definition) is 1. The van der Waals surface area contributed by atoms with Gasteiger partial charge in [0, 0.05) is 16.4 Å². The first-order chi connectivity index (χ1) is 9.11. The predicted molar refractivity (Wildman–Crippen MR) is 74.4 cm³/mol. The Hall–Kier alpha value is -1.60. The molecule has 0 aliphatic heterocycles. The molecule has 0 radical (unpaired) electrons. The summed E-state index contributed by atoms with van der Waals surface area (Å²) in [6.07, 6.45) is 1.52. The molecule has 2 N–H and O–H groups in total. The topological polar surface area (TPSA) is 64.9 Å². The second-order valence-corrected chi connectivity index (χ2v) is 5.61. The highest BCUT2D eigenvalue weighted by molar-refractivity contribution is 9.10. The summed E-state index contributed by atoms with van der Waals surface area (Å²) in [4.78, 5) is 8.21. The van der Waals surface area contributed by atoms with Crippen molar-refractivity contribution in [3.8, 4) is 0 Å². The van der Waals surface area contributed by atoms with Crippen LogP contribution in [0.2, 0.25) is 0 Å². The number of anilines is 1. The molecule has 0 atom stereocenters. The van der Waals surface area contributed by atoms with Crippen molar-refractivity contribution < 1.29 is 8.81 Å². The highest BCUT2D eigenvalue weighted by Gasteiger charge is 2.12. The van der Waals surface area contributed by atoms with Crippen LogP contribution in [0.1, 0.15) is 0 Å². The van der Waals surface area contributed by atoms with Gasteiger partial charge >= 0.3 is 0 Å². The van der Waals surface area contributed by atoms with Crippen molar-refractivity contribution in [2.75, 3.05) is 5.73 Å². The summed E-state index contributed by atoms with van der Waals surface area (Å²) in [7, 11) is 0. The molecule has 0 bridgehead atoms. The van der Waals surface area contributed by atoms with Gasteiger partial charge in [0.05, 0.1) is 0 Å². The molecule has 96 valence electrons. The van der Waals surface area contributed by atoms with Gasteiger partial charge in [-0.3, -0.25) is 0 Å². The lowest BCUT2D eigenvalue weighted by molar-refractivity contribution is 0.487. The van der Waals surface area contributed by atoms with E-state index in [4.69, 9.17) is 10.2 Å². The van der Waals surface area contributed by atoms with E-state index in [9.17, 15) is 4.39 Å². The highest BCUT2D eigenvalue weighted by Crippen LogP contribution is 2.31. The quantitative estimate of drug-likeness (QED) is 0.718. The molecule has 0 spiro atoms. The van der Waals surface area contributed by atoms with Gasteiger partial charge in [-0.1, -0.05) is 0 Å². The van der Waals surface area contributed by atoms with Crippen LogP contribution in [0.15, 0.2) is 49.6 Å². The molecule has 1 aromatic carbocycles. The van der Waals surface area contributed by atoms with Crippen molar-refractivity contribution in [2.24, 2.45) is 0 Å². The summed E-state index contributed by atoms with van der Waals surface area (Å²) in [5.74, 6) is -0.429. The van der Waals surface area contributed by atoms with Gasteiger partial charge in [-0.05, 0) is 52.0 Å². The first-order valence-electron chi connectivity index (χ1n) is 5.27. The summed E-state index contributed by atoms with van der Waals surface area (Å²) in [5.41, 5.74) is 7.51. The summed E-state index contributed by atoms with van der Waals surface area (Å²) in [6.45, 7) is 0. The predicted octanol–water partition coefficient (Wildman–Crippen LogP) is 3.86. The number of nitrogens with two attached hydrogens (primary N) is 1. The molecule has 0 fully saturated rings. The largest absolute Gasteiger partial charge is 0.431 e. The Labute approximate surface area is 120 Å². The molecule has 7 heteroatoms. The normalized spacial score (nSPS) is 11.1. The molecule has 2 aromatic heterocycles. The summed E-state index contributed by atoms with van der Waals surface area (Å²) < 4.78 is 19.7. The fourth-order valence-corrected chi connectivity index (χ4v) is 2.53. The van der Waals surface area contributed by atoms with Gasteiger partial charge in [0.2, 0.25) is 0 Å². The lowest BCUT2D eigenvalue weighted by atomic mass is 10.3. The van der Waals surface area contributed by atoms with Crippen LogP contribution in [0.3, 0.4) is 0 Å². The fraction of sp³-hybridized carbons (Fsp3) is 0. The third kappa shape index (κ3) is 2.57. The number of nitrogens with zero attached hydrogens (tertiary/aromatic N) is 2. The molecular weight excluding hydrogens is 333 g/mol. The molecule has 0 aliphatic rings. The van der Waals surface area contributed by atoms with Crippen LogP contribution in [0.5, 0.6) is 0 Å². The second kappa shape index (κ2) is 4.82. The number of hydrogen-bond acceptors (Lipinski definition) is 5. The van der Waals surface area contributed by atoms with Gasteiger partial charge in [-0.15, -0.1) is 0 Å². The minimum atomic E-state index is -0.429. The van der Waals surface area contributed by atoms with Crippen LogP contribution in [0.4, 0.5) is 10.1 Å². The molecule has 3 aromatic rings. The van der Waals surface area contributed by atoms with Crippen molar-refractivity contribution in [3.63, 3.8) is 0 Å². The Bertz CT molecular complexity index is 762. The molecule has 19 heavy (non-hydrogen) atoms. The number of halogens is 2. The van der Waals surface area contributed by atoms with E-state index in [-0.39, 0.29) is 5.03 Å². The lowest BCUT2D eigenvalue weighted by Crippen LogP contribution is -1.86. The zero-order chi connectivity index (χ0) is 13.4. The Morgan fingerprint density at radius 2 is 2.16 bits per heavy atom. The Balaban J connectivity index is 1.96. The van der Waals surface area contributed by atoms with E-state index in [1.165, 1.54) is 12.3 Å². The van der Waals surface area contributed by atoms with Crippen LogP contribution in [-0.4, -0.2) is 9.97 Å². The SMILES string of the molecule is Nc1ccc2oc(Sc3ncc(Br)cc3F)nc2c1. The Kier molecular flexibility index (Phi) is 3.16. The summed E-state index contributed by atoms with van der Waals surface area (Å²) >= 11 is 4.18. The van der Waals surface area contributed by atoms with Crippen LogP contribution in [0.25, 0.3) is 11.1 Å². The van der Waals surface area contributed by atoms with Gasteiger partial charge in [0.25, 0.3) is 5.22 Å². The lowest BCUT2D eigenvalue weighted by Gasteiger charge is -1.98. The van der Waals surface area contributed by atoms with E-state index in [2.05, 4.69) is 25.9 Å². The number of aromatic nitrogens is 2. The highest BCUT2D eigenvalue weighted by atomic mass is 79.9. The number of fused-ring (bicyclic) bond motifs is 1. The number of benzene rings is 1. The number of oxazole rings is 1. The smallest absolute Gasteiger partial charge is 0.263 e. The summed E-state index contributed by atoms with van der Waals surface area (Å²) in [6, 6.07) is 6.50. The van der Waals surface area contributed by atoms with Gasteiger partial charge < -0.3 is 10.2 Å². The van der Waals surface area contributed by atoms with Crippen molar-refractivity contribution >= 4 is 44.5 Å². The number of pyridine rings is 1. The van der Waals surface area contributed by atoms with E-state index in [0.717, 1.165) is 11.8 Å². The minimum absolute atomic E-state index is 0.211. The standard InChI is InChI=1S/C12H7BrFN3OS/c13-6-3-8(14)11(16-5-6)19-12-17-9-4-7(15)1-2-10(9)18-12/h1-5H,15H2. The molecule has 2 heterocycles. The van der Waals surface area contributed by atoms with Crippen molar-refractivity contribution in [2.45, 2.75) is 10.2 Å². The Morgan fingerprint density at radius 1 is 1.32 bits per heavy atom. The monoisotopic (exact) mass is 339 g/mol. The number of nitrogen functional groups attached to an aromatic ring is 1. The van der Waals surface area contributed by atoms with E-state index in [1.807, 2.05) is 0 Å². The van der Waals surface area contributed by atoms with Gasteiger partial charge in [-0.25, -0.2) is 14.4 Å². The molecule has 0 aliphatic carbocycles. The van der Waals surface area contributed by atoms with Crippen LogP contribution in [-0.2, 0) is 0 Å². The first kappa shape index (κ1) is 12.4. The van der Waals surface area contributed by atoms with Crippen molar-refractivity contribution in [3.05, 3.63) is 40.8 Å². The molecule has 0 saturated heterocycles. The van der Waals surface area contributed by atoms with Gasteiger partial charge in [-0.2, -0.15) is 0 Å². The third-order valence-electron chi connectivity index (χ3n) is 2.35. The zero-order valence-electron chi connectivity index (χ0n) is 9.43. The van der Waals surface area contributed by atoms with Crippen LogP contribution in [0, 0.1) is 5.82 Å². The van der Waals surface area contributed by atoms with E-state index < -0.39 is 5.82 Å². The first-order valence-corrected chi connectivity index (χ1v) is 6.88. The molecule has 0 saturated carbocycles. The zero-order valence-corrected chi connectivity index (χ0v) is 11.8. The van der Waals surface area contributed by atoms with Crippen molar-refractivity contribution in [1.82, 2.24) is 9.97 Å². The average molecular weight is 340 g/mol. The summed E-state index contributed by atoms with van der Waals surface area (Å²) in [5, 5.41) is 0.539. The van der Waals surface area contributed by atoms with E-state index in [1.54, 1.807) is 18.2 Å². The maximum Gasteiger partial charge on any atom is 0.263 e. The Morgan fingerprint density at radius 3 is 2.95 bits per heavy atom. The van der Waals surface area contributed by atoms with E-state index >= 15 is 0 Å². The molecule has 3 rings (SSSR count). The number of rotatable bonds is 2. The fourth-order valence-electron chi connectivity index (χ4n) is 1.53. The molecule has 0 unspecified atom stereocenters. The maximum atomic E-state index is 13.7. The maximum absolute atomic E-state index is 13.7. The molecule has 0 amide bonds. The van der Waals surface area contributed by atoms with Crippen molar-refractivity contribution in [1.29, 1.82) is 0 Å². The average Bonchev–Trinajstić information content (AvgIpc) is 2.74. The van der Waals surface area contributed by atoms with Gasteiger partial charge in [0.1, 0.15) is 10.5 Å². The molecule has 4 nitrogen and oxygen atoms in total. The van der Waals surface area contributed by atoms with Crippen LogP contribution < -0.4 is 5.73 Å². The second-order valence-electron chi connectivity index (χ2n) is 3.75. The van der Waals surface area contributed by atoms with Gasteiger partial charge in [0.15, 0.2) is 11.4 Å². The third-order valence-corrected chi connectivity index (χ3v) is 3.63. The van der Waals surface area contributed by atoms with Crippen LogP contribution >= 0.6 is 27.7 Å². The molecular formula is C12H7BrFN3OS. The minimum Gasteiger partial charge on any atom is -0.431 e. The van der Waals surface area contributed by atoms with E-state index in [0.29, 0.717) is 26.5 Å².